The highest BCUT2D eigenvalue weighted by Crippen LogP contribution is 2.25. The summed E-state index contributed by atoms with van der Waals surface area (Å²) in [6.07, 6.45) is 2.97. The molecule has 5 heteroatoms. The van der Waals surface area contributed by atoms with Crippen molar-refractivity contribution in [3.63, 3.8) is 0 Å². The Morgan fingerprint density at radius 2 is 1.95 bits per heavy atom. The van der Waals surface area contributed by atoms with E-state index < -0.39 is 0 Å². The lowest BCUT2D eigenvalue weighted by molar-refractivity contribution is 0.251. The highest BCUT2D eigenvalue weighted by atomic mass is 16.3. The molecule has 0 aromatic carbocycles. The van der Waals surface area contributed by atoms with Crippen LogP contribution in [0.15, 0.2) is 0 Å². The van der Waals surface area contributed by atoms with Crippen molar-refractivity contribution in [1.29, 1.82) is 5.26 Å². The van der Waals surface area contributed by atoms with Gasteiger partial charge in [-0.05, 0) is 38.2 Å². The van der Waals surface area contributed by atoms with Gasteiger partial charge in [-0.1, -0.05) is 20.8 Å². The fraction of sp³-hybridized carbons (Fsp3) is 0.667. The Morgan fingerprint density at radius 3 is 2.40 bits per heavy atom. The Kier molecular flexibility index (Phi) is 5.90. The van der Waals surface area contributed by atoms with E-state index in [1.165, 1.54) is 0 Å². The normalized spacial score (nSPS) is 13.6. The molecule has 0 fully saturated rings. The van der Waals surface area contributed by atoms with Crippen LogP contribution < -0.4 is 5.32 Å². The van der Waals surface area contributed by atoms with Crippen molar-refractivity contribution in [3.8, 4) is 6.07 Å². The van der Waals surface area contributed by atoms with Crippen LogP contribution in [0.25, 0.3) is 0 Å². The number of nitrogens with one attached hydrogen (secondary N) is 1. The molecule has 1 atom stereocenters. The number of nitrogens with zero attached hydrogens (tertiary/aromatic N) is 3. The molecule has 1 aromatic heterocycles. The monoisotopic (exact) mass is 276 g/mol. The number of anilines is 1. The molecule has 2 N–H and O–H groups in total. The molecule has 0 saturated heterocycles. The molecule has 0 saturated carbocycles. The molecule has 0 amide bonds. The summed E-state index contributed by atoms with van der Waals surface area (Å²) in [5.41, 5.74) is 2.15. The molecule has 1 rings (SSSR count). The molecule has 0 bridgehead atoms. The van der Waals surface area contributed by atoms with E-state index in [1.54, 1.807) is 0 Å². The average molecular weight is 276 g/mol. The maximum absolute atomic E-state index is 9.44. The molecule has 0 aliphatic rings. The van der Waals surface area contributed by atoms with Crippen LogP contribution in [0.2, 0.25) is 0 Å². The van der Waals surface area contributed by atoms with E-state index in [-0.39, 0.29) is 12.1 Å². The lowest BCUT2D eigenvalue weighted by Gasteiger charge is -2.30. The Morgan fingerprint density at radius 1 is 1.25 bits per heavy atom. The molecule has 0 aliphatic heterocycles. The van der Waals surface area contributed by atoms with E-state index in [2.05, 4.69) is 21.6 Å². The summed E-state index contributed by atoms with van der Waals surface area (Å²) in [7, 11) is 0. The van der Waals surface area contributed by atoms with Crippen LogP contribution in [0.1, 0.15) is 57.4 Å². The number of hydrogen-bond donors (Lipinski definition) is 2. The summed E-state index contributed by atoms with van der Waals surface area (Å²) in [5.74, 6) is 0.527. The van der Waals surface area contributed by atoms with E-state index >= 15 is 0 Å². The summed E-state index contributed by atoms with van der Waals surface area (Å²) < 4.78 is 0. The van der Waals surface area contributed by atoms with E-state index in [0.717, 1.165) is 30.5 Å². The lowest BCUT2D eigenvalue weighted by Crippen LogP contribution is -2.36. The molecule has 1 unspecified atom stereocenters. The molecule has 1 aromatic rings. The zero-order valence-corrected chi connectivity index (χ0v) is 12.8. The smallest absolute Gasteiger partial charge is 0.167 e. The third-order valence-corrected chi connectivity index (χ3v) is 3.82. The van der Waals surface area contributed by atoms with Crippen molar-refractivity contribution < 1.29 is 5.11 Å². The lowest BCUT2D eigenvalue weighted by atomic mass is 9.94. The van der Waals surface area contributed by atoms with Crippen LogP contribution in [0.3, 0.4) is 0 Å². The number of aromatic nitrogens is 2. The summed E-state index contributed by atoms with van der Waals surface area (Å²) in [6, 6.07) is 2.25. The number of hydrogen-bond acceptors (Lipinski definition) is 5. The maximum atomic E-state index is 9.44. The first-order valence-electron chi connectivity index (χ1n) is 7.22. The predicted molar refractivity (Wildman–Crippen MR) is 79.5 cm³/mol. The Labute approximate surface area is 121 Å². The number of aliphatic hydroxyl groups is 1. The minimum Gasteiger partial charge on any atom is -0.396 e. The number of aliphatic hydroxyl groups excluding tert-OH is 1. The Hall–Kier alpha value is -1.67. The van der Waals surface area contributed by atoms with Gasteiger partial charge in [0, 0.05) is 12.1 Å². The van der Waals surface area contributed by atoms with Crippen LogP contribution in [0.5, 0.6) is 0 Å². The number of nitriles is 1. The van der Waals surface area contributed by atoms with E-state index in [0.29, 0.717) is 17.8 Å². The first kappa shape index (κ1) is 16.4. The SMILES string of the molecule is CCc1nnc(NC(C)(CC)CCO)c(C#N)c1CC. The van der Waals surface area contributed by atoms with Crippen molar-refractivity contribution in [2.45, 2.75) is 58.9 Å². The maximum Gasteiger partial charge on any atom is 0.167 e. The first-order chi connectivity index (χ1) is 9.55. The van der Waals surface area contributed by atoms with E-state index in [1.807, 2.05) is 27.7 Å². The second-order valence-corrected chi connectivity index (χ2v) is 5.18. The zero-order chi connectivity index (χ0) is 15.2. The van der Waals surface area contributed by atoms with Crippen molar-refractivity contribution in [1.82, 2.24) is 10.2 Å². The minimum atomic E-state index is -0.284. The van der Waals surface area contributed by atoms with Gasteiger partial charge in [0.25, 0.3) is 0 Å². The molecule has 0 radical (unpaired) electrons. The van der Waals surface area contributed by atoms with Crippen LogP contribution in [-0.4, -0.2) is 27.4 Å². The largest absolute Gasteiger partial charge is 0.396 e. The highest BCUT2D eigenvalue weighted by molar-refractivity contribution is 5.57. The molecular weight excluding hydrogens is 252 g/mol. The zero-order valence-electron chi connectivity index (χ0n) is 12.8. The van der Waals surface area contributed by atoms with E-state index in [4.69, 9.17) is 0 Å². The highest BCUT2D eigenvalue weighted by Gasteiger charge is 2.24. The van der Waals surface area contributed by atoms with Gasteiger partial charge in [-0.2, -0.15) is 10.4 Å². The van der Waals surface area contributed by atoms with Crippen molar-refractivity contribution in [2.24, 2.45) is 0 Å². The third kappa shape index (κ3) is 3.45. The number of rotatable bonds is 7. The molecule has 5 nitrogen and oxygen atoms in total. The van der Waals surface area contributed by atoms with Gasteiger partial charge in [-0.25, -0.2) is 0 Å². The fourth-order valence-electron chi connectivity index (χ4n) is 2.24. The predicted octanol–water partition coefficient (Wildman–Crippen LogP) is 2.44. The summed E-state index contributed by atoms with van der Waals surface area (Å²) in [5, 5.41) is 30.3. The second-order valence-electron chi connectivity index (χ2n) is 5.18. The van der Waals surface area contributed by atoms with Gasteiger partial charge in [-0.3, -0.25) is 0 Å². The summed E-state index contributed by atoms with van der Waals surface area (Å²) >= 11 is 0. The van der Waals surface area contributed by atoms with Gasteiger partial charge in [0.15, 0.2) is 5.82 Å². The average Bonchev–Trinajstić information content (AvgIpc) is 2.46. The van der Waals surface area contributed by atoms with Crippen LogP contribution in [0.4, 0.5) is 5.82 Å². The van der Waals surface area contributed by atoms with Crippen molar-refractivity contribution >= 4 is 5.82 Å². The molecular formula is C15H24N4O. The van der Waals surface area contributed by atoms with Crippen LogP contribution in [-0.2, 0) is 12.8 Å². The topological polar surface area (TPSA) is 81.8 Å². The first-order valence-corrected chi connectivity index (χ1v) is 7.22. The van der Waals surface area contributed by atoms with Gasteiger partial charge < -0.3 is 10.4 Å². The van der Waals surface area contributed by atoms with Gasteiger partial charge in [-0.15, -0.1) is 5.10 Å². The summed E-state index contributed by atoms with van der Waals surface area (Å²) in [4.78, 5) is 0. The summed E-state index contributed by atoms with van der Waals surface area (Å²) in [6.45, 7) is 8.20. The molecule has 0 spiro atoms. The molecule has 1 heterocycles. The quantitative estimate of drug-likeness (QED) is 0.799. The fourth-order valence-corrected chi connectivity index (χ4v) is 2.24. The third-order valence-electron chi connectivity index (χ3n) is 3.82. The molecule has 110 valence electrons. The van der Waals surface area contributed by atoms with Crippen LogP contribution >= 0.6 is 0 Å². The molecule has 20 heavy (non-hydrogen) atoms. The van der Waals surface area contributed by atoms with Crippen molar-refractivity contribution in [2.75, 3.05) is 11.9 Å². The van der Waals surface area contributed by atoms with Gasteiger partial charge in [0.1, 0.15) is 11.6 Å². The van der Waals surface area contributed by atoms with Gasteiger partial charge in [0.2, 0.25) is 0 Å². The van der Waals surface area contributed by atoms with Gasteiger partial charge >= 0.3 is 0 Å². The number of aryl methyl sites for hydroxylation is 1. The minimum absolute atomic E-state index is 0.0976. The second kappa shape index (κ2) is 7.20. The Bertz CT molecular complexity index is 495. The van der Waals surface area contributed by atoms with E-state index in [9.17, 15) is 10.4 Å². The molecule has 0 aliphatic carbocycles. The Balaban J connectivity index is 3.23. The van der Waals surface area contributed by atoms with Crippen LogP contribution in [0, 0.1) is 11.3 Å². The standard InChI is InChI=1S/C15H24N4O/c1-5-11-12(10-16)14(19-18-13(11)6-2)17-15(4,7-3)8-9-20/h20H,5-9H2,1-4H3,(H,17,19). The van der Waals surface area contributed by atoms with Crippen molar-refractivity contribution in [3.05, 3.63) is 16.8 Å². The van der Waals surface area contributed by atoms with Gasteiger partial charge in [0.05, 0.1) is 5.69 Å².